The topological polar surface area (TPSA) is 4.93 Å². The second kappa shape index (κ2) is 4.56. The van der Waals surface area contributed by atoms with Crippen LogP contribution >= 0.6 is 12.2 Å². The Morgan fingerprint density at radius 2 is 2.08 bits per heavy atom. The molecule has 0 bridgehead atoms. The normalized spacial score (nSPS) is 10.4. The number of aromatic nitrogens is 1. The van der Waals surface area contributed by atoms with Gasteiger partial charge in [-0.2, -0.15) is 0 Å². The third-order valence-electron chi connectivity index (χ3n) is 2.15. The second-order valence-electron chi connectivity index (χ2n) is 3.55. The number of rotatable bonds is 3. The van der Waals surface area contributed by atoms with Crippen molar-refractivity contribution in [1.29, 1.82) is 0 Å². The van der Waals surface area contributed by atoms with Gasteiger partial charge in [0.2, 0.25) is 0 Å². The van der Waals surface area contributed by atoms with Gasteiger partial charge in [-0.1, -0.05) is 31.6 Å². The van der Waals surface area contributed by atoms with Crippen LogP contribution in [-0.4, -0.2) is 4.57 Å². The molecule has 0 aliphatic carbocycles. The standard InChI is InChI=1S/C11H17NS/c1-4-5-6-12-8-9(2)7-10(3)11(12)13/h7-8H,4-6H2,1-3H3. The zero-order valence-corrected chi connectivity index (χ0v) is 9.45. The molecule has 13 heavy (non-hydrogen) atoms. The molecule has 0 N–H and O–H groups in total. The summed E-state index contributed by atoms with van der Waals surface area (Å²) in [6.45, 7) is 7.45. The zero-order chi connectivity index (χ0) is 9.84. The molecule has 1 aromatic heterocycles. The Morgan fingerprint density at radius 1 is 1.38 bits per heavy atom. The molecule has 0 unspecified atom stereocenters. The van der Waals surface area contributed by atoms with Gasteiger partial charge < -0.3 is 4.57 Å². The van der Waals surface area contributed by atoms with Crippen LogP contribution in [0.2, 0.25) is 0 Å². The lowest BCUT2D eigenvalue weighted by Crippen LogP contribution is -2.02. The summed E-state index contributed by atoms with van der Waals surface area (Å²) in [7, 11) is 0. The third kappa shape index (κ3) is 2.66. The van der Waals surface area contributed by atoms with Crippen molar-refractivity contribution in [2.45, 2.75) is 40.2 Å². The van der Waals surface area contributed by atoms with Crippen LogP contribution in [0, 0.1) is 18.5 Å². The third-order valence-corrected chi connectivity index (χ3v) is 2.71. The van der Waals surface area contributed by atoms with E-state index in [2.05, 4.69) is 37.6 Å². The molecule has 0 aromatic carbocycles. The molecule has 0 fully saturated rings. The first-order valence-corrected chi connectivity index (χ1v) is 5.23. The highest BCUT2D eigenvalue weighted by atomic mass is 32.1. The molecule has 1 heterocycles. The summed E-state index contributed by atoms with van der Waals surface area (Å²) in [6.07, 6.45) is 4.57. The average Bonchev–Trinajstić information content (AvgIpc) is 2.09. The van der Waals surface area contributed by atoms with E-state index in [-0.39, 0.29) is 0 Å². The number of pyridine rings is 1. The summed E-state index contributed by atoms with van der Waals surface area (Å²) in [6, 6.07) is 2.14. The van der Waals surface area contributed by atoms with E-state index < -0.39 is 0 Å². The first kappa shape index (κ1) is 10.5. The van der Waals surface area contributed by atoms with Gasteiger partial charge >= 0.3 is 0 Å². The van der Waals surface area contributed by atoms with Crippen molar-refractivity contribution in [3.8, 4) is 0 Å². The SMILES string of the molecule is CCCCn1cc(C)cc(C)c1=S. The Bertz CT molecular complexity index is 338. The summed E-state index contributed by atoms with van der Waals surface area (Å²) in [4.78, 5) is 0. The summed E-state index contributed by atoms with van der Waals surface area (Å²) in [5, 5.41) is 0. The van der Waals surface area contributed by atoms with Gasteiger partial charge in [0.15, 0.2) is 0 Å². The van der Waals surface area contributed by atoms with E-state index in [0.29, 0.717) is 0 Å². The highest BCUT2D eigenvalue weighted by Gasteiger charge is 1.96. The molecule has 72 valence electrons. The lowest BCUT2D eigenvalue weighted by Gasteiger charge is -2.09. The highest BCUT2D eigenvalue weighted by molar-refractivity contribution is 7.71. The van der Waals surface area contributed by atoms with Crippen LogP contribution in [0.1, 0.15) is 30.9 Å². The van der Waals surface area contributed by atoms with Crippen LogP contribution in [0.3, 0.4) is 0 Å². The van der Waals surface area contributed by atoms with Crippen molar-refractivity contribution >= 4 is 12.2 Å². The van der Waals surface area contributed by atoms with Gasteiger partial charge in [0, 0.05) is 12.7 Å². The summed E-state index contributed by atoms with van der Waals surface area (Å²) in [5.41, 5.74) is 2.51. The number of nitrogens with zero attached hydrogens (tertiary/aromatic N) is 1. The van der Waals surface area contributed by atoms with Gasteiger partial charge in [0.05, 0.1) is 0 Å². The lowest BCUT2D eigenvalue weighted by molar-refractivity contribution is 0.618. The molecule has 1 aromatic rings. The summed E-state index contributed by atoms with van der Waals surface area (Å²) >= 11 is 5.33. The Kier molecular flexibility index (Phi) is 3.67. The largest absolute Gasteiger partial charge is 0.339 e. The fourth-order valence-electron chi connectivity index (χ4n) is 1.47. The molecular weight excluding hydrogens is 178 g/mol. The van der Waals surface area contributed by atoms with Gasteiger partial charge in [-0.3, -0.25) is 0 Å². The van der Waals surface area contributed by atoms with Gasteiger partial charge in [-0.25, -0.2) is 0 Å². The fraction of sp³-hybridized carbons (Fsp3) is 0.545. The van der Waals surface area contributed by atoms with Gasteiger partial charge in [0.25, 0.3) is 0 Å². The van der Waals surface area contributed by atoms with E-state index >= 15 is 0 Å². The Labute approximate surface area is 85.4 Å². The molecule has 0 spiro atoms. The lowest BCUT2D eigenvalue weighted by atomic mass is 10.2. The molecule has 0 aliphatic heterocycles. The van der Waals surface area contributed by atoms with Gasteiger partial charge in [-0.05, 0) is 31.4 Å². The van der Waals surface area contributed by atoms with Crippen LogP contribution in [0.4, 0.5) is 0 Å². The molecular formula is C11H17NS. The minimum atomic E-state index is 0.985. The second-order valence-corrected chi connectivity index (χ2v) is 3.94. The van der Waals surface area contributed by atoms with Crippen LogP contribution in [0.15, 0.2) is 12.3 Å². The number of unbranched alkanes of at least 4 members (excludes halogenated alkanes) is 1. The van der Waals surface area contributed by atoms with Gasteiger partial charge in [-0.15, -0.1) is 0 Å². The molecule has 0 saturated heterocycles. The van der Waals surface area contributed by atoms with E-state index in [1.165, 1.54) is 24.0 Å². The maximum Gasteiger partial charge on any atom is 0.108 e. The Balaban J connectivity index is 2.99. The minimum absolute atomic E-state index is 0.985. The highest BCUT2D eigenvalue weighted by Crippen LogP contribution is 2.07. The Hall–Kier alpha value is -0.630. The first-order valence-electron chi connectivity index (χ1n) is 4.83. The minimum Gasteiger partial charge on any atom is -0.339 e. The van der Waals surface area contributed by atoms with Crippen molar-refractivity contribution in [2.75, 3.05) is 0 Å². The van der Waals surface area contributed by atoms with Crippen molar-refractivity contribution in [2.24, 2.45) is 0 Å². The van der Waals surface area contributed by atoms with Crippen molar-refractivity contribution in [1.82, 2.24) is 4.57 Å². The van der Waals surface area contributed by atoms with Crippen molar-refractivity contribution < 1.29 is 0 Å². The van der Waals surface area contributed by atoms with E-state index in [1.807, 2.05) is 0 Å². The average molecular weight is 195 g/mol. The monoisotopic (exact) mass is 195 g/mol. The predicted molar refractivity (Wildman–Crippen MR) is 59.6 cm³/mol. The van der Waals surface area contributed by atoms with E-state index in [0.717, 1.165) is 11.2 Å². The quantitative estimate of drug-likeness (QED) is 0.667. The van der Waals surface area contributed by atoms with Crippen molar-refractivity contribution in [3.05, 3.63) is 28.0 Å². The fourth-order valence-corrected chi connectivity index (χ4v) is 1.67. The number of aryl methyl sites for hydroxylation is 3. The maximum atomic E-state index is 5.33. The summed E-state index contributed by atoms with van der Waals surface area (Å²) < 4.78 is 3.17. The molecule has 1 rings (SSSR count). The molecule has 0 saturated carbocycles. The zero-order valence-electron chi connectivity index (χ0n) is 8.63. The maximum absolute atomic E-state index is 5.33. The van der Waals surface area contributed by atoms with E-state index in [9.17, 15) is 0 Å². The molecule has 0 radical (unpaired) electrons. The predicted octanol–water partition coefficient (Wildman–Crippen LogP) is 3.63. The van der Waals surface area contributed by atoms with E-state index in [1.54, 1.807) is 0 Å². The summed E-state index contributed by atoms with van der Waals surface area (Å²) in [5.74, 6) is 0. The number of hydrogen-bond acceptors (Lipinski definition) is 1. The van der Waals surface area contributed by atoms with Gasteiger partial charge in [0.1, 0.15) is 4.64 Å². The van der Waals surface area contributed by atoms with Crippen LogP contribution < -0.4 is 0 Å². The van der Waals surface area contributed by atoms with E-state index in [4.69, 9.17) is 12.2 Å². The molecule has 0 aliphatic rings. The van der Waals surface area contributed by atoms with Crippen LogP contribution in [-0.2, 0) is 6.54 Å². The Morgan fingerprint density at radius 3 is 2.69 bits per heavy atom. The molecule has 1 nitrogen and oxygen atoms in total. The van der Waals surface area contributed by atoms with Crippen molar-refractivity contribution in [3.63, 3.8) is 0 Å². The van der Waals surface area contributed by atoms with Crippen LogP contribution in [0.25, 0.3) is 0 Å². The van der Waals surface area contributed by atoms with Crippen LogP contribution in [0.5, 0.6) is 0 Å². The molecule has 0 amide bonds. The molecule has 2 heteroatoms. The molecule has 0 atom stereocenters. The first-order chi connectivity index (χ1) is 6.15. The number of hydrogen-bond donors (Lipinski definition) is 0. The smallest absolute Gasteiger partial charge is 0.108 e.